The minimum absolute atomic E-state index is 0.0194. The largest absolute Gasteiger partial charge is 0.388 e. The van der Waals surface area contributed by atoms with E-state index < -0.39 is 6.10 Å². The van der Waals surface area contributed by atoms with Crippen LogP contribution in [0.1, 0.15) is 24.0 Å². The van der Waals surface area contributed by atoms with E-state index in [0.29, 0.717) is 13.2 Å². The van der Waals surface area contributed by atoms with Gasteiger partial charge in [-0.15, -0.1) is 0 Å². The van der Waals surface area contributed by atoms with Crippen LogP contribution in [0.25, 0.3) is 0 Å². The highest BCUT2D eigenvalue weighted by molar-refractivity contribution is 5.91. The van der Waals surface area contributed by atoms with E-state index in [-0.39, 0.29) is 17.4 Å². The molecule has 1 heterocycles. The van der Waals surface area contributed by atoms with Crippen molar-refractivity contribution in [3.63, 3.8) is 0 Å². The van der Waals surface area contributed by atoms with Gasteiger partial charge in [0.1, 0.15) is 0 Å². The van der Waals surface area contributed by atoms with E-state index in [9.17, 15) is 9.90 Å². The molecule has 1 aliphatic heterocycles. The third-order valence-electron chi connectivity index (χ3n) is 4.16. The summed E-state index contributed by atoms with van der Waals surface area (Å²) in [6.45, 7) is 2.75. The van der Waals surface area contributed by atoms with Gasteiger partial charge in [0.2, 0.25) is 5.91 Å². The fraction of sp³-hybridized carbons (Fsp3) is 0.533. The Kier molecular flexibility index (Phi) is 3.07. The summed E-state index contributed by atoms with van der Waals surface area (Å²) >= 11 is 0. The Morgan fingerprint density at radius 2 is 2.00 bits per heavy atom. The van der Waals surface area contributed by atoms with Gasteiger partial charge >= 0.3 is 0 Å². The molecule has 2 fully saturated rings. The summed E-state index contributed by atoms with van der Waals surface area (Å²) in [5.74, 6) is 0.0194. The lowest BCUT2D eigenvalue weighted by atomic mass is 9.93. The van der Waals surface area contributed by atoms with Crippen molar-refractivity contribution in [3.05, 3.63) is 35.4 Å². The van der Waals surface area contributed by atoms with Crippen molar-refractivity contribution < 1.29 is 14.6 Å². The minimum atomic E-state index is -0.585. The fourth-order valence-corrected chi connectivity index (χ4v) is 2.63. The van der Waals surface area contributed by atoms with Crippen LogP contribution in [0.4, 0.5) is 0 Å². The van der Waals surface area contributed by atoms with Crippen molar-refractivity contribution in [2.75, 3.05) is 13.2 Å². The number of carbonyl (C=O) groups is 1. The number of amides is 1. The summed E-state index contributed by atoms with van der Waals surface area (Å²) < 4.78 is 5.16. The Morgan fingerprint density at radius 1 is 1.32 bits per heavy atom. The first kappa shape index (κ1) is 12.6. The van der Waals surface area contributed by atoms with Crippen LogP contribution in [-0.4, -0.2) is 36.4 Å². The van der Waals surface area contributed by atoms with Gasteiger partial charge in [0.25, 0.3) is 0 Å². The monoisotopic (exact) mass is 261 g/mol. The molecule has 1 amide bonds. The molecular weight excluding hydrogens is 242 g/mol. The molecule has 0 spiro atoms. The Morgan fingerprint density at radius 3 is 2.53 bits per heavy atom. The molecule has 19 heavy (non-hydrogen) atoms. The van der Waals surface area contributed by atoms with Crippen molar-refractivity contribution in [3.8, 4) is 0 Å². The molecule has 4 heteroatoms. The summed E-state index contributed by atoms with van der Waals surface area (Å²) in [5.41, 5.74) is 1.89. The van der Waals surface area contributed by atoms with Gasteiger partial charge in [-0.05, 0) is 25.3 Å². The number of rotatable bonds is 3. The third-order valence-corrected chi connectivity index (χ3v) is 4.16. The van der Waals surface area contributed by atoms with E-state index in [1.54, 1.807) is 0 Å². The standard InChI is InChI=1S/C15H19NO3/c1-10-2-4-11(5-3-10)15(6-7-15)14(18)16-12-8-19-9-13(12)17/h2-5,12-13,17H,6-9H2,1H3,(H,16,18)/t12-,13-/m1/s1. The zero-order chi connectivity index (χ0) is 13.5. The minimum Gasteiger partial charge on any atom is -0.388 e. The predicted octanol–water partition coefficient (Wildman–Crippen LogP) is 0.903. The first-order valence-corrected chi connectivity index (χ1v) is 6.76. The van der Waals surface area contributed by atoms with Gasteiger partial charge in [-0.25, -0.2) is 0 Å². The third kappa shape index (κ3) is 2.26. The molecule has 1 aromatic carbocycles. The number of aliphatic hydroxyl groups excluding tert-OH is 1. The van der Waals surface area contributed by atoms with Crippen molar-refractivity contribution >= 4 is 5.91 Å². The maximum absolute atomic E-state index is 12.4. The van der Waals surface area contributed by atoms with Gasteiger partial charge in [0, 0.05) is 0 Å². The molecule has 4 nitrogen and oxygen atoms in total. The lowest BCUT2D eigenvalue weighted by Crippen LogP contribution is -2.46. The second-order valence-electron chi connectivity index (χ2n) is 5.63. The van der Waals surface area contributed by atoms with Crippen LogP contribution in [0.5, 0.6) is 0 Å². The molecule has 2 aliphatic rings. The molecule has 1 aromatic rings. The van der Waals surface area contributed by atoms with Gasteiger partial charge in [0.15, 0.2) is 0 Å². The average molecular weight is 261 g/mol. The molecule has 0 bridgehead atoms. The number of aryl methyl sites for hydroxylation is 1. The Hall–Kier alpha value is -1.39. The van der Waals surface area contributed by atoms with E-state index in [4.69, 9.17) is 4.74 Å². The number of benzene rings is 1. The SMILES string of the molecule is Cc1ccc(C2(C(=O)N[C@@H]3COC[C@H]3O)CC2)cc1. The van der Waals surface area contributed by atoms with Gasteiger partial charge in [0.05, 0.1) is 30.8 Å². The van der Waals surface area contributed by atoms with E-state index in [2.05, 4.69) is 5.32 Å². The molecule has 102 valence electrons. The zero-order valence-corrected chi connectivity index (χ0v) is 11.1. The Labute approximate surface area is 112 Å². The molecule has 2 atom stereocenters. The van der Waals surface area contributed by atoms with Crippen LogP contribution in [0.3, 0.4) is 0 Å². The normalized spacial score (nSPS) is 28.1. The lowest BCUT2D eigenvalue weighted by molar-refractivity contribution is -0.124. The van der Waals surface area contributed by atoms with Crippen LogP contribution in [0.15, 0.2) is 24.3 Å². The highest BCUT2D eigenvalue weighted by atomic mass is 16.5. The first-order valence-electron chi connectivity index (χ1n) is 6.76. The molecule has 3 rings (SSSR count). The molecule has 1 aliphatic carbocycles. The van der Waals surface area contributed by atoms with Crippen molar-refractivity contribution in [2.45, 2.75) is 37.3 Å². The number of hydrogen-bond donors (Lipinski definition) is 2. The molecule has 2 N–H and O–H groups in total. The van der Waals surface area contributed by atoms with Gasteiger partial charge < -0.3 is 15.2 Å². The summed E-state index contributed by atoms with van der Waals surface area (Å²) in [7, 11) is 0. The van der Waals surface area contributed by atoms with E-state index in [1.807, 2.05) is 31.2 Å². The van der Waals surface area contributed by atoms with Gasteiger partial charge in [-0.2, -0.15) is 0 Å². The molecule has 1 saturated heterocycles. The molecule has 1 saturated carbocycles. The number of hydrogen-bond acceptors (Lipinski definition) is 3. The summed E-state index contributed by atoms with van der Waals surface area (Å²) in [6, 6.07) is 7.87. The number of aliphatic hydroxyl groups is 1. The smallest absolute Gasteiger partial charge is 0.231 e. The van der Waals surface area contributed by atoms with Crippen LogP contribution < -0.4 is 5.32 Å². The Bertz CT molecular complexity index is 479. The van der Waals surface area contributed by atoms with Crippen LogP contribution in [-0.2, 0) is 14.9 Å². The van der Waals surface area contributed by atoms with Crippen LogP contribution in [0, 0.1) is 6.92 Å². The number of carbonyl (C=O) groups excluding carboxylic acids is 1. The second kappa shape index (κ2) is 4.62. The lowest BCUT2D eigenvalue weighted by Gasteiger charge is -2.20. The van der Waals surface area contributed by atoms with E-state index in [0.717, 1.165) is 18.4 Å². The molecular formula is C15H19NO3. The van der Waals surface area contributed by atoms with Crippen molar-refractivity contribution in [2.24, 2.45) is 0 Å². The average Bonchev–Trinajstić information content (AvgIpc) is 3.11. The highest BCUT2D eigenvalue weighted by Gasteiger charge is 2.52. The van der Waals surface area contributed by atoms with Crippen LogP contribution >= 0.6 is 0 Å². The van der Waals surface area contributed by atoms with Gasteiger partial charge in [-0.3, -0.25) is 4.79 Å². The van der Waals surface area contributed by atoms with Crippen molar-refractivity contribution in [1.29, 1.82) is 0 Å². The molecule has 0 radical (unpaired) electrons. The summed E-state index contributed by atoms with van der Waals surface area (Å²) in [4.78, 5) is 12.4. The number of ether oxygens (including phenoxy) is 1. The topological polar surface area (TPSA) is 58.6 Å². The Balaban J connectivity index is 1.73. The fourth-order valence-electron chi connectivity index (χ4n) is 2.63. The van der Waals surface area contributed by atoms with E-state index in [1.165, 1.54) is 5.56 Å². The second-order valence-corrected chi connectivity index (χ2v) is 5.63. The summed E-state index contributed by atoms with van der Waals surface area (Å²) in [5, 5.41) is 12.6. The van der Waals surface area contributed by atoms with E-state index >= 15 is 0 Å². The zero-order valence-electron chi connectivity index (χ0n) is 11.1. The van der Waals surface area contributed by atoms with Crippen LogP contribution in [0.2, 0.25) is 0 Å². The first-order chi connectivity index (χ1) is 9.12. The maximum Gasteiger partial charge on any atom is 0.231 e. The number of nitrogens with one attached hydrogen (secondary N) is 1. The maximum atomic E-state index is 12.4. The molecule has 0 aromatic heterocycles. The molecule has 0 unspecified atom stereocenters. The summed E-state index contributed by atoms with van der Waals surface area (Å²) in [6.07, 6.45) is 1.18. The highest BCUT2D eigenvalue weighted by Crippen LogP contribution is 2.48. The van der Waals surface area contributed by atoms with Gasteiger partial charge in [-0.1, -0.05) is 29.8 Å². The quantitative estimate of drug-likeness (QED) is 0.850. The van der Waals surface area contributed by atoms with Crippen molar-refractivity contribution in [1.82, 2.24) is 5.32 Å². The predicted molar refractivity (Wildman–Crippen MR) is 70.8 cm³/mol.